The summed E-state index contributed by atoms with van der Waals surface area (Å²) >= 11 is 0. The topological polar surface area (TPSA) is 134 Å². The van der Waals surface area contributed by atoms with E-state index in [4.69, 9.17) is 9.47 Å². The molecule has 0 saturated heterocycles. The lowest BCUT2D eigenvalue weighted by Crippen LogP contribution is -2.55. The van der Waals surface area contributed by atoms with Gasteiger partial charge in [0.15, 0.2) is 0 Å². The first-order valence-electron chi connectivity index (χ1n) is 12.7. The Balaban J connectivity index is 2.43. The van der Waals surface area contributed by atoms with Gasteiger partial charge in [0, 0.05) is 12.6 Å². The number of aliphatic hydroxyl groups is 1. The quantitative estimate of drug-likeness (QED) is 0.383. The van der Waals surface area contributed by atoms with Gasteiger partial charge in [-0.3, -0.25) is 14.4 Å². The lowest BCUT2D eigenvalue weighted by atomic mass is 9.93. The molecule has 10 nitrogen and oxygen atoms in total. The fourth-order valence-corrected chi connectivity index (χ4v) is 4.26. The Morgan fingerprint density at radius 1 is 1.16 bits per heavy atom. The van der Waals surface area contributed by atoms with Gasteiger partial charge in [-0.05, 0) is 70.6 Å². The van der Waals surface area contributed by atoms with Crippen LogP contribution in [-0.2, 0) is 23.9 Å². The molecule has 3 amide bonds. The third kappa shape index (κ3) is 8.45. The summed E-state index contributed by atoms with van der Waals surface area (Å²) in [6, 6.07) is 3.01. The van der Waals surface area contributed by atoms with Crippen LogP contribution >= 0.6 is 0 Å². The van der Waals surface area contributed by atoms with Gasteiger partial charge in [-0.2, -0.15) is 0 Å². The van der Waals surface area contributed by atoms with Crippen molar-refractivity contribution in [3.05, 3.63) is 34.9 Å². The molecule has 37 heavy (non-hydrogen) atoms. The number of aryl methyl sites for hydroxylation is 2. The fourth-order valence-electron chi connectivity index (χ4n) is 4.26. The highest BCUT2D eigenvalue weighted by Gasteiger charge is 2.48. The van der Waals surface area contributed by atoms with Crippen LogP contribution in [0.15, 0.2) is 18.2 Å². The molecule has 1 aliphatic rings. The van der Waals surface area contributed by atoms with Crippen LogP contribution in [0.2, 0.25) is 0 Å². The lowest BCUT2D eigenvalue weighted by molar-refractivity contribution is -0.145. The van der Waals surface area contributed by atoms with Crippen molar-refractivity contribution in [2.24, 2.45) is 5.92 Å². The number of ether oxygens (including phenoxy) is 2. The number of benzene rings is 1. The maximum Gasteiger partial charge on any atom is 0.408 e. The van der Waals surface area contributed by atoms with E-state index in [9.17, 15) is 24.3 Å². The Morgan fingerprint density at radius 2 is 1.76 bits per heavy atom. The van der Waals surface area contributed by atoms with Gasteiger partial charge in [0.05, 0.1) is 19.6 Å². The van der Waals surface area contributed by atoms with Crippen LogP contribution in [0.5, 0.6) is 0 Å². The second-order valence-corrected chi connectivity index (χ2v) is 10.5. The zero-order valence-corrected chi connectivity index (χ0v) is 22.9. The normalized spacial score (nSPS) is 18.3. The third-order valence-corrected chi connectivity index (χ3v) is 6.13. The predicted octanol–water partition coefficient (Wildman–Crippen LogP) is 2.54. The van der Waals surface area contributed by atoms with Gasteiger partial charge in [-0.1, -0.05) is 25.1 Å². The Labute approximate surface area is 219 Å². The summed E-state index contributed by atoms with van der Waals surface area (Å²) in [5.41, 5.74) is 1.50. The van der Waals surface area contributed by atoms with Crippen LogP contribution in [0.25, 0.3) is 0 Å². The first kappa shape index (κ1) is 30.1. The van der Waals surface area contributed by atoms with Gasteiger partial charge in [-0.15, -0.1) is 0 Å². The molecular weight excluding hydrogens is 478 g/mol. The van der Waals surface area contributed by atoms with Gasteiger partial charge in [0.1, 0.15) is 17.7 Å². The molecule has 0 aliphatic heterocycles. The highest BCUT2D eigenvalue weighted by molar-refractivity contribution is 5.93. The van der Waals surface area contributed by atoms with Crippen molar-refractivity contribution in [1.82, 2.24) is 15.5 Å². The molecule has 1 fully saturated rings. The minimum absolute atomic E-state index is 0.00764. The molecule has 0 bridgehead atoms. The van der Waals surface area contributed by atoms with Crippen molar-refractivity contribution in [3.63, 3.8) is 0 Å². The zero-order chi connectivity index (χ0) is 27.9. The monoisotopic (exact) mass is 519 g/mol. The number of esters is 1. The first-order valence-corrected chi connectivity index (χ1v) is 12.7. The van der Waals surface area contributed by atoms with Crippen LogP contribution in [0.3, 0.4) is 0 Å². The van der Waals surface area contributed by atoms with Gasteiger partial charge >= 0.3 is 12.1 Å². The van der Waals surface area contributed by atoms with E-state index >= 15 is 0 Å². The molecule has 206 valence electrons. The average Bonchev–Trinajstić information content (AvgIpc) is 3.50. The number of carbonyl (C=O) groups is 4. The molecule has 0 spiro atoms. The molecule has 3 N–H and O–H groups in total. The first-order chi connectivity index (χ1) is 17.3. The number of alkyl carbamates (subject to hydrolysis) is 1. The van der Waals surface area contributed by atoms with Gasteiger partial charge in [0.25, 0.3) is 0 Å². The Morgan fingerprint density at radius 3 is 2.24 bits per heavy atom. The number of nitrogens with zero attached hydrogens (tertiary/aromatic N) is 1. The number of hydrogen-bond acceptors (Lipinski definition) is 7. The zero-order valence-electron chi connectivity index (χ0n) is 22.9. The number of amides is 3. The summed E-state index contributed by atoms with van der Waals surface area (Å²) in [5, 5.41) is 15.3. The molecule has 1 aromatic carbocycles. The number of rotatable bonds is 11. The number of aliphatic hydroxyl groups excluding tert-OH is 1. The van der Waals surface area contributed by atoms with E-state index in [1.807, 2.05) is 39.0 Å². The van der Waals surface area contributed by atoms with E-state index in [1.165, 1.54) is 4.90 Å². The highest BCUT2D eigenvalue weighted by Crippen LogP contribution is 2.41. The van der Waals surface area contributed by atoms with E-state index in [0.717, 1.165) is 11.1 Å². The molecule has 2 rings (SSSR count). The number of nitrogens with one attached hydrogen (secondary N) is 2. The van der Waals surface area contributed by atoms with Gasteiger partial charge < -0.3 is 30.1 Å². The summed E-state index contributed by atoms with van der Waals surface area (Å²) in [6.45, 7) is 12.1. The minimum Gasteiger partial charge on any atom is -0.466 e. The predicted molar refractivity (Wildman–Crippen MR) is 138 cm³/mol. The van der Waals surface area contributed by atoms with Gasteiger partial charge in [-0.25, -0.2) is 4.79 Å². The molecule has 1 aliphatic carbocycles. The molecule has 0 aromatic heterocycles. The third-order valence-electron chi connectivity index (χ3n) is 6.13. The summed E-state index contributed by atoms with van der Waals surface area (Å²) in [5.74, 6) is -1.35. The van der Waals surface area contributed by atoms with Crippen molar-refractivity contribution in [2.45, 2.75) is 85.0 Å². The van der Waals surface area contributed by atoms with Crippen LogP contribution in [-0.4, -0.2) is 71.3 Å². The highest BCUT2D eigenvalue weighted by atomic mass is 16.6. The Kier molecular flexibility index (Phi) is 10.5. The molecule has 10 heteroatoms. The Hall–Kier alpha value is -3.14. The lowest BCUT2D eigenvalue weighted by Gasteiger charge is -2.36. The average molecular weight is 520 g/mol. The molecule has 4 atom stereocenters. The van der Waals surface area contributed by atoms with Crippen molar-refractivity contribution in [1.29, 1.82) is 0 Å². The summed E-state index contributed by atoms with van der Waals surface area (Å²) in [6.07, 6.45) is -0.175. The van der Waals surface area contributed by atoms with E-state index in [-0.39, 0.29) is 31.5 Å². The van der Waals surface area contributed by atoms with E-state index in [2.05, 4.69) is 10.6 Å². The van der Waals surface area contributed by atoms with E-state index in [1.54, 1.807) is 27.7 Å². The summed E-state index contributed by atoms with van der Waals surface area (Å²) < 4.78 is 10.2. The number of hydrogen-bond donors (Lipinski definition) is 3. The second-order valence-electron chi connectivity index (χ2n) is 10.5. The molecule has 4 unspecified atom stereocenters. The van der Waals surface area contributed by atoms with Crippen LogP contribution in [0.4, 0.5) is 4.79 Å². The molecular formula is C27H41N3O7. The molecule has 0 heterocycles. The van der Waals surface area contributed by atoms with Crippen molar-refractivity contribution < 1.29 is 33.8 Å². The van der Waals surface area contributed by atoms with Gasteiger partial charge in [0.2, 0.25) is 11.8 Å². The maximum absolute atomic E-state index is 13.9. The van der Waals surface area contributed by atoms with Crippen LogP contribution in [0, 0.1) is 19.8 Å². The summed E-state index contributed by atoms with van der Waals surface area (Å²) in [7, 11) is 0. The Bertz CT molecular complexity index is 968. The van der Waals surface area contributed by atoms with E-state index in [0.29, 0.717) is 12.0 Å². The van der Waals surface area contributed by atoms with Crippen molar-refractivity contribution in [2.75, 3.05) is 19.8 Å². The standard InChI is InChI=1S/C27H41N3O7/c1-8-36-21(32)12-13-28-24(33)23(22-16(2)10-9-11-17(22)3)30(20-14-18(20)4)25(34)19(15-31)29-26(35)37-27(5,6)7/h9-11,18-20,23,31H,8,12-15H2,1-7H3,(H,28,33)(H,29,35). The van der Waals surface area contributed by atoms with Crippen molar-refractivity contribution in [3.8, 4) is 0 Å². The largest absolute Gasteiger partial charge is 0.466 e. The van der Waals surface area contributed by atoms with Crippen LogP contribution in [0.1, 0.15) is 70.2 Å². The van der Waals surface area contributed by atoms with E-state index < -0.39 is 48.2 Å². The van der Waals surface area contributed by atoms with Crippen LogP contribution < -0.4 is 10.6 Å². The van der Waals surface area contributed by atoms with Crippen molar-refractivity contribution >= 4 is 23.9 Å². The minimum atomic E-state index is -1.30. The second kappa shape index (κ2) is 12.9. The molecule has 1 saturated carbocycles. The maximum atomic E-state index is 13.9. The fraction of sp³-hybridized carbons (Fsp3) is 0.630. The smallest absolute Gasteiger partial charge is 0.408 e. The number of carbonyl (C=O) groups excluding carboxylic acids is 4. The molecule has 0 radical (unpaired) electrons. The SMILES string of the molecule is CCOC(=O)CCNC(=O)C(c1c(C)cccc1C)N(C(=O)C(CO)NC(=O)OC(C)(C)C)C1CC1C. The molecule has 1 aromatic rings. The summed E-state index contributed by atoms with van der Waals surface area (Å²) in [4.78, 5) is 53.2.